The molecule has 0 N–H and O–H groups in total. The third-order valence-electron chi connectivity index (χ3n) is 11.3. The summed E-state index contributed by atoms with van der Waals surface area (Å²) < 4.78 is 6.43. The number of nitrogens with zero attached hydrogens (tertiary/aromatic N) is 1. The summed E-state index contributed by atoms with van der Waals surface area (Å²) in [7, 11) is 0. The van der Waals surface area contributed by atoms with Crippen molar-refractivity contribution in [2.24, 2.45) is 0 Å². The normalized spacial score (nSPS) is 11.6. The summed E-state index contributed by atoms with van der Waals surface area (Å²) in [6, 6.07) is 76.5. The fourth-order valence-corrected chi connectivity index (χ4v) is 8.56. The second-order valence-corrected chi connectivity index (χ2v) is 14.5. The molecule has 0 saturated heterocycles. The molecule has 0 atom stereocenters. The lowest BCUT2D eigenvalue weighted by Crippen LogP contribution is -2.11. The summed E-state index contributed by atoms with van der Waals surface area (Å²) in [6.45, 7) is 0. The van der Waals surface area contributed by atoms with Gasteiger partial charge in [-0.2, -0.15) is 0 Å². The number of hydrogen-bond donors (Lipinski definition) is 0. The highest BCUT2D eigenvalue weighted by atomic mass is 16.3. The van der Waals surface area contributed by atoms with Crippen LogP contribution in [-0.4, -0.2) is 0 Å². The number of rotatable bonds is 6. The highest BCUT2D eigenvalue weighted by Gasteiger charge is 2.22. The van der Waals surface area contributed by atoms with Gasteiger partial charge in [0.2, 0.25) is 0 Å². The SMILES string of the molecule is c1ccc(N(c2ccc(-c3cccc4c3ccc3ccccc34)cc2)c2cccc3oc4ccccc4c23)c(-c2ccc(-c3ccc4ccccc4c3)cc2)c1. The first-order valence-electron chi connectivity index (χ1n) is 19.2. The zero-order valence-corrected chi connectivity index (χ0v) is 30.6. The lowest BCUT2D eigenvalue weighted by atomic mass is 9.94. The van der Waals surface area contributed by atoms with Crippen molar-refractivity contribution in [3.63, 3.8) is 0 Å². The van der Waals surface area contributed by atoms with Crippen LogP contribution in [0.3, 0.4) is 0 Å². The van der Waals surface area contributed by atoms with Crippen molar-refractivity contribution in [1.29, 1.82) is 0 Å². The maximum atomic E-state index is 6.43. The Morgan fingerprint density at radius 1 is 0.304 bits per heavy atom. The van der Waals surface area contributed by atoms with Gasteiger partial charge in [0.25, 0.3) is 0 Å². The van der Waals surface area contributed by atoms with Crippen molar-refractivity contribution in [1.82, 2.24) is 0 Å². The Balaban J connectivity index is 1.06. The molecule has 56 heavy (non-hydrogen) atoms. The van der Waals surface area contributed by atoms with Crippen molar-refractivity contribution in [3.8, 4) is 33.4 Å². The molecule has 262 valence electrons. The first kappa shape index (κ1) is 32.0. The molecule has 0 bridgehead atoms. The first-order valence-corrected chi connectivity index (χ1v) is 19.2. The summed E-state index contributed by atoms with van der Waals surface area (Å²) >= 11 is 0. The van der Waals surface area contributed by atoms with Gasteiger partial charge in [-0.15, -0.1) is 0 Å². The molecule has 0 unspecified atom stereocenters. The van der Waals surface area contributed by atoms with Crippen molar-refractivity contribution < 1.29 is 4.42 Å². The Morgan fingerprint density at radius 3 is 1.75 bits per heavy atom. The van der Waals surface area contributed by atoms with Crippen molar-refractivity contribution >= 4 is 71.3 Å². The molecule has 0 amide bonds. The maximum absolute atomic E-state index is 6.43. The van der Waals surface area contributed by atoms with Gasteiger partial charge in [-0.25, -0.2) is 0 Å². The molecule has 11 aromatic rings. The van der Waals surface area contributed by atoms with Gasteiger partial charge in [-0.3, -0.25) is 0 Å². The third-order valence-corrected chi connectivity index (χ3v) is 11.3. The second-order valence-electron chi connectivity index (χ2n) is 14.5. The predicted octanol–water partition coefficient (Wildman–Crippen LogP) is 15.5. The molecular weight excluding hydrogens is 679 g/mol. The molecule has 0 spiro atoms. The number of benzene rings is 10. The molecule has 1 heterocycles. The van der Waals surface area contributed by atoms with Crippen molar-refractivity contribution in [2.45, 2.75) is 0 Å². The highest BCUT2D eigenvalue weighted by molar-refractivity contribution is 6.14. The van der Waals surface area contributed by atoms with Crippen LogP contribution in [0.1, 0.15) is 0 Å². The maximum Gasteiger partial charge on any atom is 0.137 e. The molecule has 0 radical (unpaired) electrons. The third kappa shape index (κ3) is 5.34. The van der Waals surface area contributed by atoms with Gasteiger partial charge >= 0.3 is 0 Å². The monoisotopic (exact) mass is 713 g/mol. The summed E-state index contributed by atoms with van der Waals surface area (Å²) in [6.07, 6.45) is 0. The van der Waals surface area contributed by atoms with Crippen LogP contribution in [0.2, 0.25) is 0 Å². The van der Waals surface area contributed by atoms with Crippen molar-refractivity contribution in [3.05, 3.63) is 212 Å². The highest BCUT2D eigenvalue weighted by Crippen LogP contribution is 2.46. The van der Waals surface area contributed by atoms with Crippen LogP contribution in [-0.2, 0) is 0 Å². The lowest BCUT2D eigenvalue weighted by Gasteiger charge is -2.28. The number of fused-ring (bicyclic) bond motifs is 7. The molecule has 10 aromatic carbocycles. The predicted molar refractivity (Wildman–Crippen MR) is 237 cm³/mol. The van der Waals surface area contributed by atoms with Crippen LogP contribution >= 0.6 is 0 Å². The fourth-order valence-electron chi connectivity index (χ4n) is 8.56. The average Bonchev–Trinajstić information content (AvgIpc) is 3.66. The fraction of sp³-hybridized carbons (Fsp3) is 0. The zero-order valence-electron chi connectivity index (χ0n) is 30.6. The van der Waals surface area contributed by atoms with Crippen LogP contribution in [0.4, 0.5) is 17.1 Å². The minimum absolute atomic E-state index is 0.866. The van der Waals surface area contributed by atoms with E-state index in [4.69, 9.17) is 4.42 Å². The van der Waals surface area contributed by atoms with Crippen LogP contribution in [0.5, 0.6) is 0 Å². The summed E-state index contributed by atoms with van der Waals surface area (Å²) in [5, 5.41) is 9.74. The minimum Gasteiger partial charge on any atom is -0.456 e. The Bertz CT molecular complexity index is 3250. The number of furan rings is 1. The largest absolute Gasteiger partial charge is 0.456 e. The van der Waals surface area contributed by atoms with E-state index in [1.54, 1.807) is 0 Å². The van der Waals surface area contributed by atoms with E-state index < -0.39 is 0 Å². The Hall–Kier alpha value is -7.42. The van der Waals surface area contributed by atoms with Gasteiger partial charge in [0.1, 0.15) is 11.2 Å². The van der Waals surface area contributed by atoms with E-state index in [1.165, 1.54) is 54.6 Å². The number of para-hydroxylation sites is 2. The van der Waals surface area contributed by atoms with E-state index in [2.05, 4.69) is 211 Å². The van der Waals surface area contributed by atoms with Crippen molar-refractivity contribution in [2.75, 3.05) is 4.90 Å². The van der Waals surface area contributed by atoms with Crippen LogP contribution in [0.15, 0.2) is 217 Å². The molecule has 2 nitrogen and oxygen atoms in total. The van der Waals surface area contributed by atoms with Gasteiger partial charge in [0, 0.05) is 16.6 Å². The van der Waals surface area contributed by atoms with Crippen LogP contribution < -0.4 is 4.90 Å². The zero-order chi connectivity index (χ0) is 37.0. The van der Waals surface area contributed by atoms with Gasteiger partial charge in [0.05, 0.1) is 16.8 Å². The van der Waals surface area contributed by atoms with Gasteiger partial charge in [-0.1, -0.05) is 170 Å². The lowest BCUT2D eigenvalue weighted by molar-refractivity contribution is 0.669. The van der Waals surface area contributed by atoms with E-state index in [0.29, 0.717) is 0 Å². The first-order chi connectivity index (χ1) is 27.8. The standard InChI is InChI=1S/C54H35NO/c1-2-13-41-35-42(28-25-36(41)11-1)37-23-26-40(27-24-37)46-15-5-7-19-50(46)55(51-20-10-22-53-54(51)49-16-6-8-21-52(49)56-53)43-32-29-39(30-33-43)45-17-9-18-47-44-14-4-3-12-38(44)31-34-48(45)47/h1-35H. The van der Waals surface area contributed by atoms with E-state index in [9.17, 15) is 0 Å². The molecule has 0 aliphatic heterocycles. The van der Waals surface area contributed by atoms with Gasteiger partial charge in [0.15, 0.2) is 0 Å². The van der Waals surface area contributed by atoms with E-state index in [1.807, 2.05) is 6.07 Å². The molecule has 0 saturated carbocycles. The Labute approximate surface area is 325 Å². The smallest absolute Gasteiger partial charge is 0.137 e. The van der Waals surface area contributed by atoms with E-state index in [-0.39, 0.29) is 0 Å². The van der Waals surface area contributed by atoms with Crippen LogP contribution in [0, 0.1) is 0 Å². The number of hydrogen-bond acceptors (Lipinski definition) is 2. The van der Waals surface area contributed by atoms with Crippen LogP contribution in [0.25, 0.3) is 87.6 Å². The summed E-state index contributed by atoms with van der Waals surface area (Å²) in [5.74, 6) is 0. The molecule has 2 heteroatoms. The average molecular weight is 714 g/mol. The number of anilines is 3. The Morgan fingerprint density at radius 2 is 0.875 bits per heavy atom. The molecule has 0 aliphatic rings. The second kappa shape index (κ2) is 13.2. The van der Waals surface area contributed by atoms with Gasteiger partial charge in [-0.05, 0) is 103 Å². The van der Waals surface area contributed by atoms with E-state index in [0.717, 1.165) is 50.1 Å². The molecule has 1 aromatic heterocycles. The summed E-state index contributed by atoms with van der Waals surface area (Å²) in [5.41, 5.74) is 12.1. The molecule has 0 aliphatic carbocycles. The molecular formula is C54H35NO. The van der Waals surface area contributed by atoms with Gasteiger partial charge < -0.3 is 9.32 Å². The summed E-state index contributed by atoms with van der Waals surface area (Å²) in [4.78, 5) is 2.40. The quantitative estimate of drug-likeness (QED) is 0.160. The molecule has 11 rings (SSSR count). The Kier molecular flexibility index (Phi) is 7.53. The molecule has 0 fully saturated rings. The topological polar surface area (TPSA) is 16.4 Å². The minimum atomic E-state index is 0.866. The van der Waals surface area contributed by atoms with E-state index >= 15 is 0 Å².